The Balaban J connectivity index is 1.92. The fourth-order valence-electron chi connectivity index (χ4n) is 2.07. The molecule has 0 bridgehead atoms. The van der Waals surface area contributed by atoms with Gasteiger partial charge < -0.3 is 15.7 Å². The van der Waals surface area contributed by atoms with E-state index in [2.05, 4.69) is 28.8 Å². The van der Waals surface area contributed by atoms with E-state index < -0.39 is 6.10 Å². The SMILES string of the molecule is CC(O)CNC(=S)Nc1ccc2c(c1)CCC2. The molecule has 0 aromatic heterocycles. The molecule has 1 aromatic rings. The van der Waals surface area contributed by atoms with Crippen molar-refractivity contribution in [3.8, 4) is 0 Å². The van der Waals surface area contributed by atoms with Crippen LogP contribution in [0.1, 0.15) is 24.5 Å². The number of aliphatic hydroxyl groups is 1. The van der Waals surface area contributed by atoms with Crippen LogP contribution < -0.4 is 10.6 Å². The number of hydrogen-bond acceptors (Lipinski definition) is 2. The molecule has 0 aliphatic heterocycles. The molecule has 92 valence electrons. The zero-order valence-corrected chi connectivity index (χ0v) is 10.8. The van der Waals surface area contributed by atoms with Gasteiger partial charge in [-0.15, -0.1) is 0 Å². The van der Waals surface area contributed by atoms with E-state index in [-0.39, 0.29) is 0 Å². The van der Waals surface area contributed by atoms with Crippen molar-refractivity contribution < 1.29 is 5.11 Å². The average molecular weight is 250 g/mol. The largest absolute Gasteiger partial charge is 0.392 e. The molecule has 1 unspecified atom stereocenters. The maximum absolute atomic E-state index is 9.14. The summed E-state index contributed by atoms with van der Waals surface area (Å²) in [6.45, 7) is 2.20. The highest BCUT2D eigenvalue weighted by atomic mass is 32.1. The maximum atomic E-state index is 9.14. The zero-order valence-electron chi connectivity index (χ0n) is 9.99. The first-order valence-corrected chi connectivity index (χ1v) is 6.40. The van der Waals surface area contributed by atoms with Crippen molar-refractivity contribution in [2.75, 3.05) is 11.9 Å². The van der Waals surface area contributed by atoms with Gasteiger partial charge >= 0.3 is 0 Å². The lowest BCUT2D eigenvalue weighted by Gasteiger charge is -2.12. The molecular weight excluding hydrogens is 232 g/mol. The fourth-order valence-corrected chi connectivity index (χ4v) is 2.27. The van der Waals surface area contributed by atoms with Crippen molar-refractivity contribution >= 4 is 23.0 Å². The van der Waals surface area contributed by atoms with Gasteiger partial charge in [-0.1, -0.05) is 6.07 Å². The van der Waals surface area contributed by atoms with E-state index in [1.165, 1.54) is 30.4 Å². The van der Waals surface area contributed by atoms with Gasteiger partial charge in [-0.3, -0.25) is 0 Å². The molecule has 1 atom stereocenters. The predicted octanol–water partition coefficient (Wildman–Crippen LogP) is 1.84. The normalized spacial score (nSPS) is 15.2. The van der Waals surface area contributed by atoms with Crippen LogP contribution in [0.3, 0.4) is 0 Å². The molecule has 0 saturated carbocycles. The van der Waals surface area contributed by atoms with Crippen LogP contribution in [-0.4, -0.2) is 22.9 Å². The average Bonchev–Trinajstić information content (AvgIpc) is 2.73. The minimum atomic E-state index is -0.394. The summed E-state index contributed by atoms with van der Waals surface area (Å²) in [7, 11) is 0. The molecule has 0 amide bonds. The maximum Gasteiger partial charge on any atom is 0.170 e. The summed E-state index contributed by atoms with van der Waals surface area (Å²) >= 11 is 5.15. The van der Waals surface area contributed by atoms with Crippen molar-refractivity contribution in [3.63, 3.8) is 0 Å². The number of fused-ring (bicyclic) bond motifs is 1. The number of nitrogens with one attached hydrogen (secondary N) is 2. The third-order valence-electron chi connectivity index (χ3n) is 2.91. The van der Waals surface area contributed by atoms with Crippen molar-refractivity contribution in [1.29, 1.82) is 0 Å². The molecule has 0 spiro atoms. The third-order valence-corrected chi connectivity index (χ3v) is 3.16. The Labute approximate surface area is 107 Å². The molecule has 4 heteroatoms. The van der Waals surface area contributed by atoms with Gasteiger partial charge in [-0.2, -0.15) is 0 Å². The Morgan fingerprint density at radius 2 is 2.18 bits per heavy atom. The molecule has 0 fully saturated rings. The Morgan fingerprint density at radius 3 is 2.94 bits per heavy atom. The summed E-state index contributed by atoms with van der Waals surface area (Å²) in [5.41, 5.74) is 3.90. The first-order chi connectivity index (χ1) is 8.15. The van der Waals surface area contributed by atoms with Crippen molar-refractivity contribution in [2.45, 2.75) is 32.3 Å². The van der Waals surface area contributed by atoms with E-state index in [0.29, 0.717) is 11.7 Å². The van der Waals surface area contributed by atoms with Crippen molar-refractivity contribution in [1.82, 2.24) is 5.32 Å². The second-order valence-electron chi connectivity index (χ2n) is 4.52. The molecular formula is C13H18N2OS. The Hall–Kier alpha value is -1.13. The monoisotopic (exact) mass is 250 g/mol. The predicted molar refractivity (Wildman–Crippen MR) is 74.4 cm³/mol. The molecule has 1 aromatic carbocycles. The lowest BCUT2D eigenvalue weighted by Crippen LogP contribution is -2.33. The van der Waals surface area contributed by atoms with E-state index in [0.717, 1.165) is 5.69 Å². The summed E-state index contributed by atoms with van der Waals surface area (Å²) in [4.78, 5) is 0. The molecule has 1 aliphatic rings. The van der Waals surface area contributed by atoms with E-state index in [1.807, 2.05) is 0 Å². The summed E-state index contributed by atoms with van der Waals surface area (Å²) in [5, 5.41) is 15.8. The van der Waals surface area contributed by atoms with Gasteiger partial charge in [0.1, 0.15) is 0 Å². The van der Waals surface area contributed by atoms with Crippen molar-refractivity contribution in [3.05, 3.63) is 29.3 Å². The highest BCUT2D eigenvalue weighted by Crippen LogP contribution is 2.24. The Kier molecular flexibility index (Phi) is 3.97. The number of aryl methyl sites for hydroxylation is 2. The summed E-state index contributed by atoms with van der Waals surface area (Å²) in [5.74, 6) is 0. The third kappa shape index (κ3) is 3.41. The minimum Gasteiger partial charge on any atom is -0.392 e. The highest BCUT2D eigenvalue weighted by Gasteiger charge is 2.11. The number of hydrogen-bond donors (Lipinski definition) is 3. The van der Waals surface area contributed by atoms with Crippen LogP contribution in [0.15, 0.2) is 18.2 Å². The summed E-state index contributed by atoms with van der Waals surface area (Å²) in [6, 6.07) is 6.39. The number of anilines is 1. The molecule has 1 aliphatic carbocycles. The standard InChI is InChI=1S/C13H18N2OS/c1-9(16)8-14-13(17)15-12-6-5-10-3-2-4-11(10)7-12/h5-7,9,16H,2-4,8H2,1H3,(H2,14,15,17). The van der Waals surface area contributed by atoms with Gasteiger partial charge in [-0.05, 0) is 61.7 Å². The highest BCUT2D eigenvalue weighted by molar-refractivity contribution is 7.80. The first-order valence-electron chi connectivity index (χ1n) is 6.00. The second-order valence-corrected chi connectivity index (χ2v) is 4.93. The number of aliphatic hydroxyl groups excluding tert-OH is 1. The Morgan fingerprint density at radius 1 is 1.41 bits per heavy atom. The van der Waals surface area contributed by atoms with Crippen LogP contribution in [-0.2, 0) is 12.8 Å². The lowest BCUT2D eigenvalue weighted by molar-refractivity contribution is 0.198. The molecule has 0 heterocycles. The lowest BCUT2D eigenvalue weighted by atomic mass is 10.1. The number of thiocarbonyl (C=S) groups is 1. The second kappa shape index (κ2) is 5.47. The minimum absolute atomic E-state index is 0.394. The van der Waals surface area contributed by atoms with E-state index in [9.17, 15) is 0 Å². The van der Waals surface area contributed by atoms with Crippen LogP contribution in [0, 0.1) is 0 Å². The van der Waals surface area contributed by atoms with Crippen LogP contribution in [0.4, 0.5) is 5.69 Å². The summed E-state index contributed by atoms with van der Waals surface area (Å²) < 4.78 is 0. The molecule has 3 nitrogen and oxygen atoms in total. The van der Waals surface area contributed by atoms with Gasteiger partial charge in [0.2, 0.25) is 0 Å². The molecule has 17 heavy (non-hydrogen) atoms. The van der Waals surface area contributed by atoms with E-state index in [4.69, 9.17) is 17.3 Å². The molecule has 3 N–H and O–H groups in total. The topological polar surface area (TPSA) is 44.3 Å². The first kappa shape index (κ1) is 12.3. The molecule has 2 rings (SSSR count). The van der Waals surface area contributed by atoms with Crippen molar-refractivity contribution in [2.24, 2.45) is 0 Å². The summed E-state index contributed by atoms with van der Waals surface area (Å²) in [6.07, 6.45) is 3.22. The molecule has 0 radical (unpaired) electrons. The van der Waals surface area contributed by atoms with Gasteiger partial charge in [0, 0.05) is 12.2 Å². The van der Waals surface area contributed by atoms with Gasteiger partial charge in [0.25, 0.3) is 0 Å². The Bertz CT molecular complexity index is 418. The van der Waals surface area contributed by atoms with E-state index >= 15 is 0 Å². The smallest absolute Gasteiger partial charge is 0.170 e. The van der Waals surface area contributed by atoms with Gasteiger partial charge in [0.05, 0.1) is 6.10 Å². The number of benzene rings is 1. The fraction of sp³-hybridized carbons (Fsp3) is 0.462. The molecule has 0 saturated heterocycles. The van der Waals surface area contributed by atoms with Crippen LogP contribution in [0.25, 0.3) is 0 Å². The van der Waals surface area contributed by atoms with Gasteiger partial charge in [0.15, 0.2) is 5.11 Å². The van der Waals surface area contributed by atoms with E-state index in [1.54, 1.807) is 6.92 Å². The quantitative estimate of drug-likeness (QED) is 0.716. The van der Waals surface area contributed by atoms with Crippen LogP contribution in [0.2, 0.25) is 0 Å². The van der Waals surface area contributed by atoms with Gasteiger partial charge in [-0.25, -0.2) is 0 Å². The van der Waals surface area contributed by atoms with Crippen LogP contribution >= 0.6 is 12.2 Å². The van der Waals surface area contributed by atoms with Crippen LogP contribution in [0.5, 0.6) is 0 Å². The number of rotatable bonds is 3. The zero-order chi connectivity index (χ0) is 12.3.